The average Bonchev–Trinajstić information content (AvgIpc) is 3.16. The molecule has 21 heavy (non-hydrogen) atoms. The molecule has 0 N–H and O–H groups in total. The molecule has 0 aliphatic carbocycles. The third-order valence-electron chi connectivity index (χ3n) is 3.83. The third-order valence-corrected chi connectivity index (χ3v) is 4.66. The molecule has 7 heteroatoms. The first-order valence-electron chi connectivity index (χ1n) is 7.16. The fraction of sp³-hybridized carbons (Fsp3) is 0.500. The second-order valence-electron chi connectivity index (χ2n) is 5.17. The molecule has 2 aromatic heterocycles. The molecule has 6 nitrogen and oxygen atoms in total. The summed E-state index contributed by atoms with van der Waals surface area (Å²) in [6.07, 6.45) is 8.04. The van der Waals surface area contributed by atoms with Crippen LogP contribution in [-0.4, -0.2) is 51.5 Å². The predicted molar refractivity (Wildman–Crippen MR) is 82.5 cm³/mol. The van der Waals surface area contributed by atoms with Crippen molar-refractivity contribution in [2.24, 2.45) is 0 Å². The fourth-order valence-corrected chi connectivity index (χ4v) is 3.29. The first-order chi connectivity index (χ1) is 10.3. The number of amides is 1. The minimum atomic E-state index is -0.195. The lowest BCUT2D eigenvalue weighted by molar-refractivity contribution is -0.134. The van der Waals surface area contributed by atoms with E-state index in [9.17, 15) is 4.79 Å². The Bertz CT molecular complexity index is 568. The number of nitrogens with zero attached hydrogens (tertiary/aromatic N) is 5. The molecule has 1 atom stereocenters. The summed E-state index contributed by atoms with van der Waals surface area (Å²) in [6, 6.07) is -0.195. The maximum atomic E-state index is 12.6. The molecule has 1 fully saturated rings. The number of carbonyl (C=O) groups is 1. The molecule has 0 saturated carbocycles. The van der Waals surface area contributed by atoms with Gasteiger partial charge in [0.1, 0.15) is 6.04 Å². The van der Waals surface area contributed by atoms with E-state index in [2.05, 4.69) is 14.9 Å². The summed E-state index contributed by atoms with van der Waals surface area (Å²) in [6.45, 7) is 5.28. The Morgan fingerprint density at radius 3 is 2.90 bits per heavy atom. The average molecular weight is 305 g/mol. The molecule has 0 spiro atoms. The molecule has 2 aromatic rings. The Hall–Kier alpha value is -1.89. The van der Waals surface area contributed by atoms with Crippen molar-refractivity contribution in [2.45, 2.75) is 19.4 Å². The zero-order chi connectivity index (χ0) is 14.7. The molecule has 0 bridgehead atoms. The van der Waals surface area contributed by atoms with E-state index < -0.39 is 0 Å². The van der Waals surface area contributed by atoms with E-state index in [1.807, 2.05) is 34.2 Å². The van der Waals surface area contributed by atoms with Crippen molar-refractivity contribution in [1.29, 1.82) is 0 Å². The predicted octanol–water partition coefficient (Wildman–Crippen LogP) is 1.64. The van der Waals surface area contributed by atoms with Crippen LogP contribution in [0.5, 0.6) is 0 Å². The Labute approximate surface area is 128 Å². The van der Waals surface area contributed by atoms with Crippen molar-refractivity contribution in [3.05, 3.63) is 30.3 Å². The molecule has 3 rings (SSSR count). The summed E-state index contributed by atoms with van der Waals surface area (Å²) >= 11 is 1.65. The highest BCUT2D eigenvalue weighted by atomic mass is 32.1. The number of anilines is 1. The maximum absolute atomic E-state index is 12.6. The topological polar surface area (TPSA) is 54.3 Å². The first kappa shape index (κ1) is 14.1. The molecule has 112 valence electrons. The maximum Gasteiger partial charge on any atom is 0.245 e. The number of carbonyl (C=O) groups excluding carboxylic acids is 1. The van der Waals surface area contributed by atoms with E-state index in [0.29, 0.717) is 0 Å². The van der Waals surface area contributed by atoms with Gasteiger partial charge in [-0.3, -0.25) is 4.79 Å². The minimum Gasteiger partial charge on any atom is -0.346 e. The van der Waals surface area contributed by atoms with Gasteiger partial charge in [-0.2, -0.15) is 0 Å². The molecule has 1 unspecified atom stereocenters. The molecular weight excluding hydrogens is 286 g/mol. The Balaban J connectivity index is 1.63. The van der Waals surface area contributed by atoms with E-state index in [4.69, 9.17) is 0 Å². The van der Waals surface area contributed by atoms with E-state index >= 15 is 0 Å². The van der Waals surface area contributed by atoms with Crippen LogP contribution < -0.4 is 4.90 Å². The Morgan fingerprint density at radius 1 is 1.29 bits per heavy atom. The van der Waals surface area contributed by atoms with Crippen molar-refractivity contribution in [3.8, 4) is 0 Å². The van der Waals surface area contributed by atoms with Gasteiger partial charge in [-0.1, -0.05) is 0 Å². The van der Waals surface area contributed by atoms with Gasteiger partial charge in [-0.05, 0) is 13.3 Å². The summed E-state index contributed by atoms with van der Waals surface area (Å²) in [5, 5.41) is 3.04. The lowest BCUT2D eigenvalue weighted by atomic mass is 10.2. The van der Waals surface area contributed by atoms with Crippen LogP contribution in [0.25, 0.3) is 0 Å². The molecule has 1 aliphatic rings. The zero-order valence-electron chi connectivity index (χ0n) is 12.1. The highest BCUT2D eigenvalue weighted by molar-refractivity contribution is 7.13. The lowest BCUT2D eigenvalue weighted by Crippen LogP contribution is -2.38. The molecule has 1 saturated heterocycles. The summed E-state index contributed by atoms with van der Waals surface area (Å²) in [5.41, 5.74) is 0. The van der Waals surface area contributed by atoms with Crippen molar-refractivity contribution < 1.29 is 4.79 Å². The van der Waals surface area contributed by atoms with E-state index in [1.54, 1.807) is 23.9 Å². The smallest absolute Gasteiger partial charge is 0.245 e. The number of thiazole rings is 1. The van der Waals surface area contributed by atoms with Crippen LogP contribution in [-0.2, 0) is 4.79 Å². The number of imidazole rings is 1. The molecule has 3 heterocycles. The van der Waals surface area contributed by atoms with Crippen molar-refractivity contribution >= 4 is 22.4 Å². The number of hydrogen-bond donors (Lipinski definition) is 0. The summed E-state index contributed by atoms with van der Waals surface area (Å²) < 4.78 is 1.85. The van der Waals surface area contributed by atoms with Crippen LogP contribution in [0.2, 0.25) is 0 Å². The highest BCUT2D eigenvalue weighted by Gasteiger charge is 2.24. The van der Waals surface area contributed by atoms with Crippen LogP contribution in [0.4, 0.5) is 5.13 Å². The van der Waals surface area contributed by atoms with Gasteiger partial charge in [0.2, 0.25) is 5.91 Å². The largest absolute Gasteiger partial charge is 0.346 e. The Morgan fingerprint density at radius 2 is 2.19 bits per heavy atom. The van der Waals surface area contributed by atoms with Gasteiger partial charge in [-0.15, -0.1) is 11.3 Å². The second-order valence-corrected chi connectivity index (χ2v) is 6.04. The van der Waals surface area contributed by atoms with Crippen LogP contribution in [0.1, 0.15) is 19.4 Å². The summed E-state index contributed by atoms with van der Waals surface area (Å²) in [7, 11) is 0. The monoisotopic (exact) mass is 305 g/mol. The quantitative estimate of drug-likeness (QED) is 0.865. The Kier molecular flexibility index (Phi) is 4.19. The molecule has 1 aliphatic heterocycles. The molecule has 0 radical (unpaired) electrons. The van der Waals surface area contributed by atoms with Crippen molar-refractivity contribution in [2.75, 3.05) is 31.1 Å². The SMILES string of the molecule is CC(C(=O)N1CCCN(c2nccs2)CC1)n1ccnc1. The van der Waals surface area contributed by atoms with Gasteiger partial charge >= 0.3 is 0 Å². The van der Waals surface area contributed by atoms with Gasteiger partial charge in [0.15, 0.2) is 5.13 Å². The minimum absolute atomic E-state index is 0.161. The van der Waals surface area contributed by atoms with Crippen molar-refractivity contribution in [3.63, 3.8) is 0 Å². The first-order valence-corrected chi connectivity index (χ1v) is 8.04. The number of hydrogen-bond acceptors (Lipinski definition) is 5. The standard InChI is InChI=1S/C14H19N5OS/c1-12(19-7-3-15-11-19)13(20)17-5-2-6-18(9-8-17)14-16-4-10-21-14/h3-4,7,10-12H,2,5-6,8-9H2,1H3. The fourth-order valence-electron chi connectivity index (χ4n) is 2.59. The molecular formula is C14H19N5OS. The van der Waals surface area contributed by atoms with Gasteiger partial charge in [0.05, 0.1) is 6.33 Å². The van der Waals surface area contributed by atoms with E-state index in [1.165, 1.54) is 0 Å². The second kappa shape index (κ2) is 6.26. The van der Waals surface area contributed by atoms with Gasteiger partial charge < -0.3 is 14.4 Å². The van der Waals surface area contributed by atoms with E-state index in [-0.39, 0.29) is 11.9 Å². The van der Waals surface area contributed by atoms with Crippen LogP contribution >= 0.6 is 11.3 Å². The van der Waals surface area contributed by atoms with Gasteiger partial charge in [-0.25, -0.2) is 9.97 Å². The lowest BCUT2D eigenvalue weighted by Gasteiger charge is -2.25. The van der Waals surface area contributed by atoms with Crippen LogP contribution in [0.3, 0.4) is 0 Å². The van der Waals surface area contributed by atoms with Crippen molar-refractivity contribution in [1.82, 2.24) is 19.4 Å². The van der Waals surface area contributed by atoms with Gasteiger partial charge in [0, 0.05) is 50.1 Å². The van der Waals surface area contributed by atoms with Gasteiger partial charge in [0.25, 0.3) is 0 Å². The summed E-state index contributed by atoms with van der Waals surface area (Å²) in [4.78, 5) is 25.2. The zero-order valence-corrected chi connectivity index (χ0v) is 12.9. The number of aromatic nitrogens is 3. The third kappa shape index (κ3) is 3.07. The molecule has 0 aromatic carbocycles. The highest BCUT2D eigenvalue weighted by Crippen LogP contribution is 2.20. The van der Waals surface area contributed by atoms with Crippen LogP contribution in [0.15, 0.2) is 30.3 Å². The van der Waals surface area contributed by atoms with Crippen LogP contribution in [0, 0.1) is 0 Å². The number of rotatable bonds is 3. The summed E-state index contributed by atoms with van der Waals surface area (Å²) in [5.74, 6) is 0.161. The van der Waals surface area contributed by atoms with E-state index in [0.717, 1.165) is 37.7 Å². The normalized spacial score (nSPS) is 17.6. The molecule has 1 amide bonds.